The zero-order valence-corrected chi connectivity index (χ0v) is 11.3. The molecule has 1 aliphatic rings. The minimum Gasteiger partial charge on any atom is -0.398 e. The summed E-state index contributed by atoms with van der Waals surface area (Å²) in [7, 11) is 0. The van der Waals surface area contributed by atoms with Gasteiger partial charge in [-0.1, -0.05) is 25.3 Å². The average Bonchev–Trinajstić information content (AvgIpc) is 2.43. The molecule has 0 amide bonds. The zero-order chi connectivity index (χ0) is 13.7. The number of nitrogens with two attached hydrogens (primary N) is 1. The predicted molar refractivity (Wildman–Crippen MR) is 75.2 cm³/mol. The summed E-state index contributed by atoms with van der Waals surface area (Å²) in [4.78, 5) is 2.17. The molecule has 0 spiro atoms. The summed E-state index contributed by atoms with van der Waals surface area (Å²) < 4.78 is 13.8. The lowest BCUT2D eigenvalue weighted by atomic mass is 9.93. The van der Waals surface area contributed by atoms with E-state index in [2.05, 4.69) is 4.90 Å². The quantitative estimate of drug-likeness (QED) is 0.805. The van der Waals surface area contributed by atoms with Crippen LogP contribution in [0.1, 0.15) is 37.7 Å². The molecule has 0 heterocycles. The fraction of sp³-hybridized carbons (Fsp3) is 0.600. The van der Waals surface area contributed by atoms with E-state index in [4.69, 9.17) is 5.73 Å². The van der Waals surface area contributed by atoms with Crippen molar-refractivity contribution in [1.29, 1.82) is 0 Å². The van der Waals surface area contributed by atoms with Gasteiger partial charge in [-0.25, -0.2) is 4.39 Å². The van der Waals surface area contributed by atoms with Gasteiger partial charge < -0.3 is 10.8 Å². The first-order chi connectivity index (χ1) is 9.22. The molecule has 3 nitrogen and oxygen atoms in total. The number of aliphatic hydroxyl groups excluding tert-OH is 1. The van der Waals surface area contributed by atoms with E-state index < -0.39 is 0 Å². The van der Waals surface area contributed by atoms with Crippen LogP contribution < -0.4 is 5.73 Å². The number of hydrogen-bond acceptors (Lipinski definition) is 3. The molecule has 1 saturated carbocycles. The first-order valence-electron chi connectivity index (χ1n) is 7.10. The Labute approximate surface area is 114 Å². The Balaban J connectivity index is 2.11. The molecule has 4 heteroatoms. The smallest absolute Gasteiger partial charge is 0.129 e. The van der Waals surface area contributed by atoms with Gasteiger partial charge in [-0.2, -0.15) is 0 Å². The Bertz CT molecular complexity index is 385. The lowest BCUT2D eigenvalue weighted by molar-refractivity contribution is 0.116. The molecular weight excluding hydrogens is 243 g/mol. The van der Waals surface area contributed by atoms with Crippen LogP contribution in [0.15, 0.2) is 18.2 Å². The minimum absolute atomic E-state index is 0.102. The number of nitrogens with zero attached hydrogens (tertiary/aromatic N) is 1. The molecule has 2 rings (SSSR count). The SMILES string of the molecule is Nc1cccc(F)c1CN(CCO)C1CCCCC1. The molecular formula is C15H23FN2O. The van der Waals surface area contributed by atoms with Crippen LogP contribution in [0.5, 0.6) is 0 Å². The van der Waals surface area contributed by atoms with Crippen molar-refractivity contribution in [3.63, 3.8) is 0 Å². The van der Waals surface area contributed by atoms with Gasteiger partial charge in [-0.15, -0.1) is 0 Å². The number of nitrogen functional groups attached to an aromatic ring is 1. The summed E-state index contributed by atoms with van der Waals surface area (Å²) >= 11 is 0. The number of anilines is 1. The summed E-state index contributed by atoms with van der Waals surface area (Å²) in [6.07, 6.45) is 5.99. The maximum Gasteiger partial charge on any atom is 0.129 e. The molecule has 1 aliphatic carbocycles. The van der Waals surface area contributed by atoms with E-state index in [-0.39, 0.29) is 12.4 Å². The maximum absolute atomic E-state index is 13.8. The van der Waals surface area contributed by atoms with E-state index in [1.807, 2.05) is 0 Å². The molecule has 1 aromatic carbocycles. The fourth-order valence-corrected chi connectivity index (χ4v) is 2.91. The van der Waals surface area contributed by atoms with Gasteiger partial charge in [0.1, 0.15) is 5.82 Å². The van der Waals surface area contributed by atoms with Crippen molar-refractivity contribution < 1.29 is 9.50 Å². The molecule has 0 bridgehead atoms. The summed E-state index contributed by atoms with van der Waals surface area (Å²) in [5, 5.41) is 9.22. The first kappa shape index (κ1) is 14.3. The first-order valence-corrected chi connectivity index (χ1v) is 7.10. The summed E-state index contributed by atoms with van der Waals surface area (Å²) in [6.45, 7) is 1.17. The second-order valence-corrected chi connectivity index (χ2v) is 5.29. The van der Waals surface area contributed by atoms with Gasteiger partial charge in [0.2, 0.25) is 0 Å². The highest BCUT2D eigenvalue weighted by atomic mass is 19.1. The van der Waals surface area contributed by atoms with E-state index in [0.717, 1.165) is 12.8 Å². The fourth-order valence-electron chi connectivity index (χ4n) is 2.91. The van der Waals surface area contributed by atoms with Gasteiger partial charge in [0, 0.05) is 30.4 Å². The number of rotatable bonds is 5. The molecule has 106 valence electrons. The van der Waals surface area contributed by atoms with E-state index in [1.54, 1.807) is 12.1 Å². The van der Waals surface area contributed by atoms with Gasteiger partial charge in [0.15, 0.2) is 0 Å². The van der Waals surface area contributed by atoms with Gasteiger partial charge in [-0.3, -0.25) is 4.90 Å². The standard InChI is InChI=1S/C15H23FN2O/c16-14-7-4-8-15(17)13(14)11-18(9-10-19)12-5-2-1-3-6-12/h4,7-8,12,19H,1-3,5-6,9-11,17H2. The van der Waals surface area contributed by atoms with Crippen molar-refractivity contribution >= 4 is 5.69 Å². The molecule has 0 saturated heterocycles. The van der Waals surface area contributed by atoms with Crippen LogP contribution in [0.3, 0.4) is 0 Å². The van der Waals surface area contributed by atoms with Crippen LogP contribution in [0.25, 0.3) is 0 Å². The van der Waals surface area contributed by atoms with Crippen LogP contribution in [0, 0.1) is 5.82 Å². The van der Waals surface area contributed by atoms with E-state index in [1.165, 1.54) is 25.3 Å². The summed E-state index contributed by atoms with van der Waals surface area (Å²) in [5.41, 5.74) is 6.92. The Hall–Kier alpha value is -1.13. The third-order valence-electron chi connectivity index (χ3n) is 3.99. The largest absolute Gasteiger partial charge is 0.398 e. The molecule has 0 aliphatic heterocycles. The summed E-state index contributed by atoms with van der Waals surface area (Å²) in [5.74, 6) is -0.251. The van der Waals surface area contributed by atoms with Crippen molar-refractivity contribution in [2.24, 2.45) is 0 Å². The normalized spacial score (nSPS) is 17.0. The third-order valence-corrected chi connectivity index (χ3v) is 3.99. The van der Waals surface area contributed by atoms with Crippen LogP contribution in [-0.4, -0.2) is 29.2 Å². The average molecular weight is 266 g/mol. The topological polar surface area (TPSA) is 49.5 Å². The highest BCUT2D eigenvalue weighted by Crippen LogP contribution is 2.26. The number of halogens is 1. The molecule has 0 aromatic heterocycles. The van der Waals surface area contributed by atoms with Gasteiger partial charge >= 0.3 is 0 Å². The van der Waals surface area contributed by atoms with Crippen LogP contribution in [-0.2, 0) is 6.54 Å². The Morgan fingerprint density at radius 2 is 2.00 bits per heavy atom. The minimum atomic E-state index is -0.251. The Morgan fingerprint density at radius 3 is 2.63 bits per heavy atom. The van der Waals surface area contributed by atoms with Crippen molar-refractivity contribution in [1.82, 2.24) is 4.90 Å². The molecule has 0 radical (unpaired) electrons. The molecule has 1 aromatic rings. The van der Waals surface area contributed by atoms with Gasteiger partial charge in [-0.05, 0) is 25.0 Å². The second kappa shape index (κ2) is 6.87. The predicted octanol–water partition coefficient (Wildman–Crippen LogP) is 2.53. The van der Waals surface area contributed by atoms with E-state index in [0.29, 0.717) is 30.4 Å². The number of hydrogen-bond donors (Lipinski definition) is 2. The zero-order valence-electron chi connectivity index (χ0n) is 11.3. The van der Waals surface area contributed by atoms with E-state index >= 15 is 0 Å². The van der Waals surface area contributed by atoms with Crippen LogP contribution in [0.4, 0.5) is 10.1 Å². The highest BCUT2D eigenvalue weighted by Gasteiger charge is 2.22. The summed E-state index contributed by atoms with van der Waals surface area (Å²) in [6, 6.07) is 5.26. The maximum atomic E-state index is 13.8. The van der Waals surface area contributed by atoms with Crippen molar-refractivity contribution in [3.05, 3.63) is 29.6 Å². The monoisotopic (exact) mass is 266 g/mol. The lowest BCUT2D eigenvalue weighted by Crippen LogP contribution is -2.38. The van der Waals surface area contributed by atoms with Gasteiger partial charge in [0.05, 0.1) is 6.61 Å². The molecule has 1 fully saturated rings. The number of aliphatic hydroxyl groups is 1. The molecule has 0 unspecified atom stereocenters. The third kappa shape index (κ3) is 3.67. The second-order valence-electron chi connectivity index (χ2n) is 5.29. The van der Waals surface area contributed by atoms with E-state index in [9.17, 15) is 9.50 Å². The molecule has 19 heavy (non-hydrogen) atoms. The Kier molecular flexibility index (Phi) is 5.16. The van der Waals surface area contributed by atoms with Crippen molar-refractivity contribution in [2.45, 2.75) is 44.7 Å². The Morgan fingerprint density at radius 1 is 1.26 bits per heavy atom. The van der Waals surface area contributed by atoms with Crippen molar-refractivity contribution in [3.8, 4) is 0 Å². The highest BCUT2D eigenvalue weighted by molar-refractivity contribution is 5.47. The molecule has 0 atom stereocenters. The van der Waals surface area contributed by atoms with Crippen molar-refractivity contribution in [2.75, 3.05) is 18.9 Å². The van der Waals surface area contributed by atoms with Crippen LogP contribution >= 0.6 is 0 Å². The lowest BCUT2D eigenvalue weighted by Gasteiger charge is -2.34. The van der Waals surface area contributed by atoms with Crippen LogP contribution in [0.2, 0.25) is 0 Å². The number of benzene rings is 1. The van der Waals surface area contributed by atoms with Gasteiger partial charge in [0.25, 0.3) is 0 Å². The molecule has 3 N–H and O–H groups in total.